The highest BCUT2D eigenvalue weighted by atomic mass is 35.5. The molecule has 0 aliphatic heterocycles. The summed E-state index contributed by atoms with van der Waals surface area (Å²) in [5.41, 5.74) is 1.23. The fourth-order valence-electron chi connectivity index (χ4n) is 1.74. The van der Waals surface area contributed by atoms with E-state index in [1.54, 1.807) is 30.3 Å². The van der Waals surface area contributed by atoms with E-state index in [0.29, 0.717) is 11.1 Å². The highest BCUT2D eigenvalue weighted by molar-refractivity contribution is 6.31. The van der Waals surface area contributed by atoms with E-state index in [4.69, 9.17) is 22.1 Å². The molecule has 0 bridgehead atoms. The number of hydrogen-bond acceptors (Lipinski definition) is 3. The third-order valence-electron chi connectivity index (χ3n) is 2.89. The molecular weight excluding hydrogens is 317 g/mol. The Bertz CT molecular complexity index is 861. The number of rotatable bonds is 3. The summed E-state index contributed by atoms with van der Waals surface area (Å²) < 4.78 is 13.1. The Morgan fingerprint density at radius 2 is 1.87 bits per heavy atom. The summed E-state index contributed by atoms with van der Waals surface area (Å²) in [6.45, 7) is 0. The zero-order valence-corrected chi connectivity index (χ0v) is 12.4. The van der Waals surface area contributed by atoms with Crippen molar-refractivity contribution in [1.29, 1.82) is 10.5 Å². The third kappa shape index (κ3) is 4.16. The van der Waals surface area contributed by atoms with Gasteiger partial charge < -0.3 is 5.32 Å². The van der Waals surface area contributed by atoms with Gasteiger partial charge in [-0.25, -0.2) is 4.39 Å². The second-order valence-corrected chi connectivity index (χ2v) is 4.89. The van der Waals surface area contributed by atoms with Crippen LogP contribution in [0.3, 0.4) is 0 Å². The molecule has 0 saturated heterocycles. The van der Waals surface area contributed by atoms with Crippen LogP contribution in [0, 0.1) is 28.5 Å². The van der Waals surface area contributed by atoms with Crippen LogP contribution in [-0.2, 0) is 4.79 Å². The average Bonchev–Trinajstić information content (AvgIpc) is 2.56. The van der Waals surface area contributed by atoms with Crippen molar-refractivity contribution >= 4 is 29.3 Å². The summed E-state index contributed by atoms with van der Waals surface area (Å²) in [6, 6.07) is 13.9. The van der Waals surface area contributed by atoms with Gasteiger partial charge in [0.2, 0.25) is 0 Å². The SMILES string of the molecule is N#C/C(=C\c1ccc(C#N)cc1)C(=O)Nc1ccc(F)c(Cl)c1. The third-order valence-corrected chi connectivity index (χ3v) is 3.18. The molecule has 23 heavy (non-hydrogen) atoms. The van der Waals surface area contributed by atoms with Gasteiger partial charge in [0, 0.05) is 5.69 Å². The second kappa shape index (κ2) is 7.22. The molecule has 0 aromatic heterocycles. The molecule has 1 amide bonds. The van der Waals surface area contributed by atoms with E-state index < -0.39 is 11.7 Å². The van der Waals surface area contributed by atoms with Gasteiger partial charge in [-0.2, -0.15) is 10.5 Å². The first kappa shape index (κ1) is 16.2. The summed E-state index contributed by atoms with van der Waals surface area (Å²) in [5.74, 6) is -1.24. The van der Waals surface area contributed by atoms with Gasteiger partial charge in [-0.3, -0.25) is 4.79 Å². The van der Waals surface area contributed by atoms with Crippen molar-refractivity contribution in [2.45, 2.75) is 0 Å². The number of nitrogens with zero attached hydrogens (tertiary/aromatic N) is 2. The van der Waals surface area contributed by atoms with E-state index in [9.17, 15) is 9.18 Å². The van der Waals surface area contributed by atoms with Crippen molar-refractivity contribution in [1.82, 2.24) is 0 Å². The highest BCUT2D eigenvalue weighted by Gasteiger charge is 2.10. The van der Waals surface area contributed by atoms with Gasteiger partial charge in [0.15, 0.2) is 0 Å². The topological polar surface area (TPSA) is 76.7 Å². The molecule has 0 spiro atoms. The molecular formula is C17H9ClFN3O. The number of benzene rings is 2. The number of anilines is 1. The summed E-state index contributed by atoms with van der Waals surface area (Å²) in [5, 5.41) is 20.2. The summed E-state index contributed by atoms with van der Waals surface area (Å²) in [4.78, 5) is 12.1. The lowest BCUT2D eigenvalue weighted by Crippen LogP contribution is -2.13. The lowest BCUT2D eigenvalue weighted by molar-refractivity contribution is -0.112. The van der Waals surface area contributed by atoms with E-state index in [2.05, 4.69) is 5.32 Å². The Labute approximate surface area is 137 Å². The molecule has 2 rings (SSSR count). The molecule has 0 unspecified atom stereocenters. The Morgan fingerprint density at radius 3 is 2.43 bits per heavy atom. The van der Waals surface area contributed by atoms with Crippen molar-refractivity contribution in [2.75, 3.05) is 5.32 Å². The summed E-state index contributed by atoms with van der Waals surface area (Å²) in [6.07, 6.45) is 1.39. The van der Waals surface area contributed by atoms with Gasteiger partial charge in [0.05, 0.1) is 16.7 Å². The number of hydrogen-bond donors (Lipinski definition) is 1. The van der Waals surface area contributed by atoms with E-state index in [1.807, 2.05) is 6.07 Å². The summed E-state index contributed by atoms with van der Waals surface area (Å²) in [7, 11) is 0. The van der Waals surface area contributed by atoms with Gasteiger partial charge in [-0.15, -0.1) is 0 Å². The molecule has 4 nitrogen and oxygen atoms in total. The van der Waals surface area contributed by atoms with Crippen molar-refractivity contribution < 1.29 is 9.18 Å². The molecule has 2 aromatic rings. The van der Waals surface area contributed by atoms with Crippen LogP contribution in [0.1, 0.15) is 11.1 Å². The van der Waals surface area contributed by atoms with Crippen molar-refractivity contribution in [2.24, 2.45) is 0 Å². The molecule has 112 valence electrons. The molecule has 1 N–H and O–H groups in total. The first-order chi connectivity index (χ1) is 11.0. The molecule has 2 aromatic carbocycles. The van der Waals surface area contributed by atoms with Crippen LogP contribution in [-0.4, -0.2) is 5.91 Å². The lowest BCUT2D eigenvalue weighted by atomic mass is 10.1. The maximum Gasteiger partial charge on any atom is 0.266 e. The minimum atomic E-state index is -0.639. The predicted octanol–water partition coefficient (Wildman–Crippen LogP) is 3.90. The normalized spacial score (nSPS) is 10.5. The highest BCUT2D eigenvalue weighted by Crippen LogP contribution is 2.20. The lowest BCUT2D eigenvalue weighted by Gasteiger charge is -2.05. The predicted molar refractivity (Wildman–Crippen MR) is 84.8 cm³/mol. The van der Waals surface area contributed by atoms with E-state index in [-0.39, 0.29) is 16.3 Å². The smallest absolute Gasteiger partial charge is 0.266 e. The number of carbonyl (C=O) groups is 1. The van der Waals surface area contributed by atoms with Gasteiger partial charge >= 0.3 is 0 Å². The zero-order chi connectivity index (χ0) is 16.8. The molecule has 0 saturated carbocycles. The Morgan fingerprint density at radius 1 is 1.17 bits per heavy atom. The number of amides is 1. The van der Waals surface area contributed by atoms with Gasteiger partial charge in [0.1, 0.15) is 17.5 Å². The molecule has 0 radical (unpaired) electrons. The van der Waals surface area contributed by atoms with Crippen LogP contribution >= 0.6 is 11.6 Å². The van der Waals surface area contributed by atoms with Crippen LogP contribution in [0.5, 0.6) is 0 Å². The fraction of sp³-hybridized carbons (Fsp3) is 0. The van der Waals surface area contributed by atoms with E-state index >= 15 is 0 Å². The number of nitrogens with one attached hydrogen (secondary N) is 1. The maximum atomic E-state index is 13.1. The second-order valence-electron chi connectivity index (χ2n) is 4.49. The number of carbonyl (C=O) groups excluding carboxylic acids is 1. The maximum absolute atomic E-state index is 13.1. The zero-order valence-electron chi connectivity index (χ0n) is 11.7. The van der Waals surface area contributed by atoms with Crippen LogP contribution in [0.25, 0.3) is 6.08 Å². The van der Waals surface area contributed by atoms with Crippen molar-refractivity contribution in [3.63, 3.8) is 0 Å². The average molecular weight is 326 g/mol. The van der Waals surface area contributed by atoms with Crippen molar-refractivity contribution in [3.05, 3.63) is 70.0 Å². The Hall–Kier alpha value is -3.15. The van der Waals surface area contributed by atoms with Gasteiger partial charge in [0.25, 0.3) is 5.91 Å². The molecule has 0 aliphatic carbocycles. The molecule has 0 heterocycles. The molecule has 0 aliphatic rings. The van der Waals surface area contributed by atoms with Crippen molar-refractivity contribution in [3.8, 4) is 12.1 Å². The van der Waals surface area contributed by atoms with E-state index in [1.165, 1.54) is 18.2 Å². The summed E-state index contributed by atoms with van der Waals surface area (Å²) >= 11 is 5.64. The quantitative estimate of drug-likeness (QED) is 0.687. The number of nitriles is 2. The van der Waals surface area contributed by atoms with Crippen LogP contribution in [0.2, 0.25) is 5.02 Å². The largest absolute Gasteiger partial charge is 0.321 e. The molecule has 0 fully saturated rings. The first-order valence-electron chi connectivity index (χ1n) is 6.42. The van der Waals surface area contributed by atoms with Gasteiger partial charge in [-0.1, -0.05) is 23.7 Å². The monoisotopic (exact) mass is 325 g/mol. The minimum absolute atomic E-state index is 0.127. The molecule has 6 heteroatoms. The van der Waals surface area contributed by atoms with Crippen LogP contribution in [0.4, 0.5) is 10.1 Å². The fourth-order valence-corrected chi connectivity index (χ4v) is 1.92. The molecule has 0 atom stereocenters. The van der Waals surface area contributed by atoms with Crippen LogP contribution < -0.4 is 5.32 Å². The number of halogens is 2. The first-order valence-corrected chi connectivity index (χ1v) is 6.79. The van der Waals surface area contributed by atoms with E-state index in [0.717, 1.165) is 6.07 Å². The van der Waals surface area contributed by atoms with Crippen LogP contribution in [0.15, 0.2) is 48.0 Å². The Kier molecular flexibility index (Phi) is 5.09. The van der Waals surface area contributed by atoms with Gasteiger partial charge in [-0.05, 0) is 42.0 Å². The Balaban J connectivity index is 2.20. The minimum Gasteiger partial charge on any atom is -0.321 e. The standard InChI is InChI=1S/C17H9ClFN3O/c18-15-8-14(5-6-16(15)19)22-17(23)13(10-21)7-11-1-3-12(9-20)4-2-11/h1-8H,(H,22,23)/b13-7+.